The van der Waals surface area contributed by atoms with E-state index in [1.807, 2.05) is 17.4 Å². The number of nitriles is 1. The summed E-state index contributed by atoms with van der Waals surface area (Å²) in [6.07, 6.45) is 4.40. The number of carbonyl (C=O) groups excluding carboxylic acids is 1. The second-order valence-electron chi connectivity index (χ2n) is 2.82. The van der Waals surface area contributed by atoms with E-state index >= 15 is 0 Å². The maximum atomic E-state index is 11.0. The normalized spacial score (nSPS) is 9.81. The minimum atomic E-state index is -0.468. The summed E-state index contributed by atoms with van der Waals surface area (Å²) in [4.78, 5) is 11.0. The lowest BCUT2D eigenvalue weighted by atomic mass is 10.2. The second-order valence-corrected chi connectivity index (χ2v) is 3.74. The molecule has 1 rings (SSSR count). The van der Waals surface area contributed by atoms with Crippen molar-refractivity contribution in [1.29, 1.82) is 5.26 Å². The molecule has 1 N–H and O–H groups in total. The molecule has 0 aromatic heterocycles. The van der Waals surface area contributed by atoms with Gasteiger partial charge in [-0.15, -0.1) is 0 Å². The van der Waals surface area contributed by atoms with Crippen LogP contribution in [0.4, 0.5) is 0 Å². The van der Waals surface area contributed by atoms with Gasteiger partial charge in [0.25, 0.3) is 5.91 Å². The highest BCUT2D eigenvalue weighted by Gasteiger charge is 2.00. The van der Waals surface area contributed by atoms with Crippen molar-refractivity contribution in [3.8, 4) is 11.9 Å². The largest absolute Gasteiger partial charge is 0.496 e. The lowest BCUT2D eigenvalue weighted by Gasteiger charge is -2.04. The van der Waals surface area contributed by atoms with Crippen LogP contribution in [-0.2, 0) is 4.79 Å². The highest BCUT2D eigenvalue weighted by Crippen LogP contribution is 2.23. The summed E-state index contributed by atoms with van der Waals surface area (Å²) in [5.41, 5.74) is 0.755. The Labute approximate surface area is 102 Å². The van der Waals surface area contributed by atoms with Crippen molar-refractivity contribution in [3.63, 3.8) is 0 Å². The molecule has 5 heteroatoms. The Morgan fingerprint density at radius 2 is 2.38 bits per heavy atom. The smallest absolute Gasteiger partial charge is 0.256 e. The number of carbonyl (C=O) groups is 1. The van der Waals surface area contributed by atoms with Crippen molar-refractivity contribution in [2.75, 3.05) is 7.11 Å². The zero-order chi connectivity index (χ0) is 12.0. The Balaban J connectivity index is 2.92. The zero-order valence-corrected chi connectivity index (χ0v) is 10.1. The number of halogens is 1. The summed E-state index contributed by atoms with van der Waals surface area (Å²) in [7, 11) is 1.55. The molecule has 0 fully saturated rings. The quantitative estimate of drug-likeness (QED) is 0.524. The van der Waals surface area contributed by atoms with Gasteiger partial charge in [0.1, 0.15) is 5.75 Å². The van der Waals surface area contributed by atoms with Crippen LogP contribution in [0.5, 0.6) is 5.75 Å². The summed E-state index contributed by atoms with van der Waals surface area (Å²) in [5.74, 6) is 0.189. The Hall–Kier alpha value is -1.80. The minimum Gasteiger partial charge on any atom is -0.496 e. The standard InChI is InChI=1S/C11H9BrN2O2/c1-16-10-4-3-9(12)6-8(10)2-5-11(15)14-7-13/h2-6H,1H3,(H,14,15). The number of benzene rings is 1. The van der Waals surface area contributed by atoms with Gasteiger partial charge < -0.3 is 4.74 Å². The van der Waals surface area contributed by atoms with Crippen LogP contribution in [0.3, 0.4) is 0 Å². The Morgan fingerprint density at radius 3 is 3.00 bits per heavy atom. The third-order valence-corrected chi connectivity index (χ3v) is 2.28. The van der Waals surface area contributed by atoms with Gasteiger partial charge in [-0.3, -0.25) is 10.1 Å². The lowest BCUT2D eigenvalue weighted by Crippen LogP contribution is -2.13. The SMILES string of the molecule is COc1ccc(Br)cc1C=CC(=O)NC#N. The number of nitrogens with one attached hydrogen (secondary N) is 1. The molecule has 0 unspecified atom stereocenters. The fourth-order valence-electron chi connectivity index (χ4n) is 1.10. The van der Waals surface area contributed by atoms with Gasteiger partial charge in [-0.05, 0) is 24.3 Å². The van der Waals surface area contributed by atoms with Crippen molar-refractivity contribution in [3.05, 3.63) is 34.3 Å². The predicted octanol–water partition coefficient (Wildman–Crippen LogP) is 2.07. The fraction of sp³-hybridized carbons (Fsp3) is 0.0909. The van der Waals surface area contributed by atoms with Gasteiger partial charge in [0.2, 0.25) is 0 Å². The number of rotatable bonds is 3. The molecule has 1 aromatic rings. The first-order chi connectivity index (χ1) is 7.67. The van der Waals surface area contributed by atoms with Gasteiger partial charge in [0.05, 0.1) is 7.11 Å². The molecule has 4 nitrogen and oxygen atoms in total. The van der Waals surface area contributed by atoms with Gasteiger partial charge in [0, 0.05) is 16.1 Å². The predicted molar refractivity (Wildman–Crippen MR) is 63.5 cm³/mol. The van der Waals surface area contributed by atoms with Crippen molar-refractivity contribution >= 4 is 27.9 Å². The highest BCUT2D eigenvalue weighted by molar-refractivity contribution is 9.10. The molecule has 82 valence electrons. The molecule has 0 aliphatic carbocycles. The van der Waals surface area contributed by atoms with E-state index < -0.39 is 5.91 Å². The lowest BCUT2D eigenvalue weighted by molar-refractivity contribution is -0.115. The Bertz CT molecular complexity index is 464. The minimum absolute atomic E-state index is 0.468. The molecule has 0 bridgehead atoms. The van der Waals surface area contributed by atoms with E-state index in [-0.39, 0.29) is 0 Å². The summed E-state index contributed by atoms with van der Waals surface area (Å²) in [5, 5.41) is 10.2. The van der Waals surface area contributed by atoms with Gasteiger partial charge in [-0.25, -0.2) is 0 Å². The van der Waals surface area contributed by atoms with Crippen LogP contribution in [-0.4, -0.2) is 13.0 Å². The first-order valence-corrected chi connectivity index (χ1v) is 5.17. The maximum absolute atomic E-state index is 11.0. The topological polar surface area (TPSA) is 62.1 Å². The third-order valence-electron chi connectivity index (χ3n) is 1.79. The molecule has 1 aromatic carbocycles. The highest BCUT2D eigenvalue weighted by atomic mass is 79.9. The molecule has 0 saturated heterocycles. The second kappa shape index (κ2) is 5.93. The molecular weight excluding hydrogens is 272 g/mol. The molecule has 0 heterocycles. The summed E-state index contributed by atoms with van der Waals surface area (Å²) in [6, 6.07) is 5.44. The van der Waals surface area contributed by atoms with Crippen LogP contribution in [0.1, 0.15) is 5.56 Å². The molecule has 0 saturated carbocycles. The number of methoxy groups -OCH3 is 1. The monoisotopic (exact) mass is 280 g/mol. The number of ether oxygens (including phenoxy) is 1. The van der Waals surface area contributed by atoms with Crippen molar-refractivity contribution in [2.24, 2.45) is 0 Å². The molecular formula is C11H9BrN2O2. The van der Waals surface area contributed by atoms with Crippen molar-refractivity contribution < 1.29 is 9.53 Å². The first kappa shape index (κ1) is 12.3. The van der Waals surface area contributed by atoms with Crippen LogP contribution in [0.25, 0.3) is 6.08 Å². The molecule has 0 aliphatic rings. The number of nitrogens with zero attached hydrogens (tertiary/aromatic N) is 1. The number of amides is 1. The maximum Gasteiger partial charge on any atom is 0.256 e. The van der Waals surface area contributed by atoms with Crippen molar-refractivity contribution in [2.45, 2.75) is 0 Å². The van der Waals surface area contributed by atoms with Crippen LogP contribution in [0.2, 0.25) is 0 Å². The molecule has 0 radical (unpaired) electrons. The Kier molecular flexibility index (Phi) is 4.55. The molecule has 16 heavy (non-hydrogen) atoms. The average Bonchev–Trinajstić information content (AvgIpc) is 2.27. The van der Waals surface area contributed by atoms with Crippen LogP contribution < -0.4 is 10.1 Å². The molecule has 0 atom stereocenters. The van der Waals surface area contributed by atoms with E-state index in [1.165, 1.54) is 6.08 Å². The van der Waals surface area contributed by atoms with Gasteiger partial charge in [-0.1, -0.05) is 15.9 Å². The fourth-order valence-corrected chi connectivity index (χ4v) is 1.48. The van der Waals surface area contributed by atoms with Gasteiger partial charge in [-0.2, -0.15) is 5.26 Å². The van der Waals surface area contributed by atoms with Crippen LogP contribution in [0.15, 0.2) is 28.7 Å². The Morgan fingerprint density at radius 1 is 1.62 bits per heavy atom. The van der Waals surface area contributed by atoms with E-state index in [2.05, 4.69) is 15.9 Å². The summed E-state index contributed by atoms with van der Waals surface area (Å²) >= 11 is 3.32. The van der Waals surface area contributed by atoms with Gasteiger partial charge in [0.15, 0.2) is 6.19 Å². The number of hydrogen-bond donors (Lipinski definition) is 1. The van der Waals surface area contributed by atoms with E-state index in [1.54, 1.807) is 25.4 Å². The van der Waals surface area contributed by atoms with Crippen molar-refractivity contribution in [1.82, 2.24) is 5.32 Å². The van der Waals surface area contributed by atoms with Crippen LogP contribution in [0, 0.1) is 11.5 Å². The molecule has 0 spiro atoms. The van der Waals surface area contributed by atoms with E-state index in [9.17, 15) is 4.79 Å². The van der Waals surface area contributed by atoms with E-state index in [0.717, 1.165) is 10.0 Å². The number of hydrogen-bond acceptors (Lipinski definition) is 3. The third kappa shape index (κ3) is 3.41. The summed E-state index contributed by atoms with van der Waals surface area (Å²) < 4.78 is 6.01. The van der Waals surface area contributed by atoms with E-state index in [4.69, 9.17) is 10.00 Å². The molecule has 1 amide bonds. The average molecular weight is 281 g/mol. The zero-order valence-electron chi connectivity index (χ0n) is 8.53. The summed E-state index contributed by atoms with van der Waals surface area (Å²) in [6.45, 7) is 0. The molecule has 0 aliphatic heterocycles. The first-order valence-electron chi connectivity index (χ1n) is 4.38. The van der Waals surface area contributed by atoms with Gasteiger partial charge >= 0.3 is 0 Å². The van der Waals surface area contributed by atoms with E-state index in [0.29, 0.717) is 5.75 Å². The van der Waals surface area contributed by atoms with Crippen LogP contribution >= 0.6 is 15.9 Å².